The molecule has 1 unspecified atom stereocenters. The van der Waals surface area contributed by atoms with Crippen LogP contribution in [-0.4, -0.2) is 51.9 Å². The molecule has 0 saturated heterocycles. The van der Waals surface area contributed by atoms with Gasteiger partial charge in [-0.25, -0.2) is 0 Å². The summed E-state index contributed by atoms with van der Waals surface area (Å²) in [6, 6.07) is -1.68. The molecule has 0 aliphatic carbocycles. The summed E-state index contributed by atoms with van der Waals surface area (Å²) in [5.41, 5.74) is 15.4. The zero-order valence-electron chi connectivity index (χ0n) is 11.2. The number of aliphatic carboxylic acids is 3. The Labute approximate surface area is 116 Å². The molecule has 20 heavy (non-hydrogen) atoms. The Bertz CT molecular complexity index is 311. The molecule has 0 fully saturated rings. The summed E-state index contributed by atoms with van der Waals surface area (Å²) in [6.45, 7) is 0.501. The van der Waals surface area contributed by atoms with Crippen molar-refractivity contribution >= 4 is 17.9 Å². The van der Waals surface area contributed by atoms with Gasteiger partial charge < -0.3 is 32.5 Å². The highest BCUT2D eigenvalue weighted by molar-refractivity contribution is 5.73. The van der Waals surface area contributed by atoms with Crippen molar-refractivity contribution in [3.63, 3.8) is 0 Å². The maximum atomic E-state index is 10.1. The second-order valence-corrected chi connectivity index (χ2v) is 4.11. The van der Waals surface area contributed by atoms with Gasteiger partial charge in [0.2, 0.25) is 0 Å². The number of hydrogen-bond donors (Lipinski definition) is 6. The fraction of sp³-hybridized carbons (Fsp3) is 0.727. The highest BCUT2D eigenvalue weighted by Crippen LogP contribution is 1.98. The van der Waals surface area contributed by atoms with Crippen molar-refractivity contribution in [1.29, 1.82) is 0 Å². The monoisotopic (exact) mass is 293 g/mol. The number of carbonyl (C=O) groups is 3. The summed E-state index contributed by atoms with van der Waals surface area (Å²) >= 11 is 0. The smallest absolute Gasteiger partial charge is 0.320 e. The van der Waals surface area contributed by atoms with Crippen molar-refractivity contribution in [1.82, 2.24) is 0 Å². The van der Waals surface area contributed by atoms with Crippen molar-refractivity contribution in [2.45, 2.75) is 44.2 Å². The van der Waals surface area contributed by atoms with E-state index in [4.69, 9.17) is 32.5 Å². The molecule has 0 rings (SSSR count). The standard InChI is InChI=1S/C6H11NO4.C5H12N2O2/c7-4(6(10)11)2-1-3-5(8)9;6-3-1-2-4(7)5(8)9/h4H,1-3,7H2,(H,8,9)(H,10,11);4H,1-3,6-7H2,(H,8,9)/t;4-/m.0/s1. The third kappa shape index (κ3) is 14.4. The quantitative estimate of drug-likeness (QED) is 0.302. The second kappa shape index (κ2) is 12.3. The molecular weight excluding hydrogens is 270 g/mol. The van der Waals surface area contributed by atoms with Crippen molar-refractivity contribution in [2.75, 3.05) is 6.54 Å². The summed E-state index contributed by atoms with van der Waals surface area (Å²) in [5.74, 6) is -2.97. The van der Waals surface area contributed by atoms with Gasteiger partial charge in [0.25, 0.3) is 0 Å². The Hall–Kier alpha value is -1.71. The summed E-state index contributed by atoms with van der Waals surface area (Å²) in [5, 5.41) is 24.7. The number of carboxylic acids is 3. The van der Waals surface area contributed by atoms with E-state index in [1.54, 1.807) is 0 Å². The second-order valence-electron chi connectivity index (χ2n) is 4.11. The zero-order chi connectivity index (χ0) is 16.1. The van der Waals surface area contributed by atoms with Crippen LogP contribution in [0.2, 0.25) is 0 Å². The van der Waals surface area contributed by atoms with Crippen LogP contribution in [-0.2, 0) is 14.4 Å². The molecule has 0 aromatic rings. The van der Waals surface area contributed by atoms with E-state index in [2.05, 4.69) is 0 Å². The molecule has 0 radical (unpaired) electrons. The largest absolute Gasteiger partial charge is 0.481 e. The van der Waals surface area contributed by atoms with E-state index in [1.807, 2.05) is 0 Å². The van der Waals surface area contributed by atoms with E-state index in [9.17, 15) is 14.4 Å². The van der Waals surface area contributed by atoms with Crippen LogP contribution < -0.4 is 17.2 Å². The third-order valence-electron chi connectivity index (χ3n) is 2.26. The molecule has 0 amide bonds. The van der Waals surface area contributed by atoms with Crippen molar-refractivity contribution < 1.29 is 29.7 Å². The molecule has 0 bridgehead atoms. The summed E-state index contributed by atoms with van der Waals surface area (Å²) in [6.07, 6.45) is 1.63. The predicted octanol–water partition coefficient (Wildman–Crippen LogP) is -1.21. The minimum absolute atomic E-state index is 0.0268. The lowest BCUT2D eigenvalue weighted by Gasteiger charge is -2.02. The predicted molar refractivity (Wildman–Crippen MR) is 71.0 cm³/mol. The lowest BCUT2D eigenvalue weighted by molar-refractivity contribution is -0.140. The van der Waals surface area contributed by atoms with Gasteiger partial charge in [-0.1, -0.05) is 0 Å². The summed E-state index contributed by atoms with van der Waals surface area (Å²) < 4.78 is 0. The topological polar surface area (TPSA) is 190 Å². The molecule has 9 nitrogen and oxygen atoms in total. The molecule has 9 N–H and O–H groups in total. The fourth-order valence-corrected chi connectivity index (χ4v) is 1.06. The van der Waals surface area contributed by atoms with Crippen molar-refractivity contribution in [2.24, 2.45) is 17.2 Å². The summed E-state index contributed by atoms with van der Waals surface area (Å²) in [7, 11) is 0. The molecule has 0 heterocycles. The summed E-state index contributed by atoms with van der Waals surface area (Å²) in [4.78, 5) is 30.1. The van der Waals surface area contributed by atoms with Gasteiger partial charge in [0.1, 0.15) is 12.1 Å². The molecule has 0 saturated carbocycles. The molecule has 0 aliphatic heterocycles. The normalized spacial score (nSPS) is 12.8. The van der Waals surface area contributed by atoms with Crippen LogP contribution in [0.15, 0.2) is 0 Å². The molecule has 0 aliphatic rings. The van der Waals surface area contributed by atoms with Crippen molar-refractivity contribution in [3.8, 4) is 0 Å². The Balaban J connectivity index is 0. The van der Waals surface area contributed by atoms with Gasteiger partial charge in [0, 0.05) is 6.42 Å². The van der Waals surface area contributed by atoms with Gasteiger partial charge >= 0.3 is 17.9 Å². The molecule has 2 atom stereocenters. The average molecular weight is 293 g/mol. The van der Waals surface area contributed by atoms with Gasteiger partial charge in [0.15, 0.2) is 0 Å². The van der Waals surface area contributed by atoms with E-state index in [0.29, 0.717) is 25.8 Å². The van der Waals surface area contributed by atoms with Crippen LogP contribution in [0.1, 0.15) is 32.1 Å². The van der Waals surface area contributed by atoms with E-state index in [-0.39, 0.29) is 12.8 Å². The van der Waals surface area contributed by atoms with Gasteiger partial charge in [-0.15, -0.1) is 0 Å². The minimum Gasteiger partial charge on any atom is -0.481 e. The number of carboxylic acid groups (broad SMARTS) is 3. The number of nitrogens with two attached hydrogens (primary N) is 3. The van der Waals surface area contributed by atoms with Crippen LogP contribution in [0.5, 0.6) is 0 Å². The highest BCUT2D eigenvalue weighted by Gasteiger charge is 2.11. The first-order valence-corrected chi connectivity index (χ1v) is 6.11. The molecule has 0 aromatic carbocycles. The molecular formula is C11H23N3O6. The SMILES string of the molecule is NC(CCCC(=O)O)C(=O)O.NCCC[C@H](N)C(=O)O. The highest BCUT2D eigenvalue weighted by atomic mass is 16.4. The van der Waals surface area contributed by atoms with Gasteiger partial charge in [-0.05, 0) is 32.2 Å². The maximum absolute atomic E-state index is 10.1. The van der Waals surface area contributed by atoms with E-state index < -0.39 is 30.0 Å². The van der Waals surface area contributed by atoms with Crippen LogP contribution >= 0.6 is 0 Å². The molecule has 9 heteroatoms. The third-order valence-corrected chi connectivity index (χ3v) is 2.26. The van der Waals surface area contributed by atoms with Gasteiger partial charge in [-0.2, -0.15) is 0 Å². The first-order chi connectivity index (χ1) is 9.22. The van der Waals surface area contributed by atoms with E-state index in [0.717, 1.165) is 0 Å². The lowest BCUT2D eigenvalue weighted by Crippen LogP contribution is -2.30. The van der Waals surface area contributed by atoms with E-state index >= 15 is 0 Å². The number of hydrogen-bond acceptors (Lipinski definition) is 6. The maximum Gasteiger partial charge on any atom is 0.320 e. The van der Waals surface area contributed by atoms with Gasteiger partial charge in [0.05, 0.1) is 0 Å². The minimum atomic E-state index is -1.09. The number of rotatable bonds is 9. The van der Waals surface area contributed by atoms with Crippen LogP contribution in [0.25, 0.3) is 0 Å². The fourth-order valence-electron chi connectivity index (χ4n) is 1.06. The Kier molecular flexibility index (Phi) is 12.7. The molecule has 0 aromatic heterocycles. The Morgan fingerprint density at radius 3 is 1.55 bits per heavy atom. The molecule has 0 spiro atoms. The Morgan fingerprint density at radius 2 is 1.25 bits per heavy atom. The van der Waals surface area contributed by atoms with Crippen molar-refractivity contribution in [3.05, 3.63) is 0 Å². The first kappa shape index (κ1) is 20.6. The van der Waals surface area contributed by atoms with Crippen LogP contribution in [0, 0.1) is 0 Å². The van der Waals surface area contributed by atoms with Crippen LogP contribution in [0.4, 0.5) is 0 Å². The Morgan fingerprint density at radius 1 is 0.850 bits per heavy atom. The zero-order valence-corrected chi connectivity index (χ0v) is 11.2. The lowest BCUT2D eigenvalue weighted by atomic mass is 10.1. The first-order valence-electron chi connectivity index (χ1n) is 6.11. The van der Waals surface area contributed by atoms with Crippen LogP contribution in [0.3, 0.4) is 0 Å². The average Bonchev–Trinajstić information content (AvgIpc) is 2.35. The van der Waals surface area contributed by atoms with Gasteiger partial charge in [-0.3, -0.25) is 14.4 Å². The molecule has 118 valence electrons. The van der Waals surface area contributed by atoms with E-state index in [1.165, 1.54) is 0 Å².